The molecule has 8 nitrogen and oxygen atoms in total. The number of anilines is 1. The van der Waals surface area contributed by atoms with E-state index in [9.17, 15) is 9.90 Å². The summed E-state index contributed by atoms with van der Waals surface area (Å²) in [7, 11) is 1.68. The number of hydrogen-bond acceptors (Lipinski definition) is 6. The van der Waals surface area contributed by atoms with Crippen molar-refractivity contribution >= 4 is 34.3 Å². The van der Waals surface area contributed by atoms with E-state index in [4.69, 9.17) is 21.1 Å². The summed E-state index contributed by atoms with van der Waals surface area (Å²) >= 11 is 6.33. The number of aromatic nitrogens is 3. The number of carboxylic acids is 1. The van der Waals surface area contributed by atoms with Gasteiger partial charge in [-0.1, -0.05) is 31.5 Å². The molecule has 0 aliphatic heterocycles. The van der Waals surface area contributed by atoms with Crippen molar-refractivity contribution in [2.24, 2.45) is 5.92 Å². The fraction of sp³-hybridized carbons (Fsp3) is 0.296. The number of fused-ring (bicyclic) bond motifs is 1. The zero-order valence-electron chi connectivity index (χ0n) is 20.7. The van der Waals surface area contributed by atoms with Gasteiger partial charge in [0.2, 0.25) is 0 Å². The Hall–Kier alpha value is -3.78. The zero-order chi connectivity index (χ0) is 25.8. The molecule has 4 aromatic rings. The van der Waals surface area contributed by atoms with Gasteiger partial charge in [0.1, 0.15) is 29.2 Å². The second-order valence-electron chi connectivity index (χ2n) is 8.89. The smallest absolute Gasteiger partial charge is 0.341 e. The topological polar surface area (TPSA) is 98.5 Å². The highest BCUT2D eigenvalue weighted by molar-refractivity contribution is 6.34. The van der Waals surface area contributed by atoms with Gasteiger partial charge in [0, 0.05) is 35.8 Å². The van der Waals surface area contributed by atoms with Gasteiger partial charge >= 0.3 is 5.97 Å². The zero-order valence-corrected chi connectivity index (χ0v) is 21.5. The van der Waals surface area contributed by atoms with Crippen LogP contribution in [0.5, 0.6) is 11.5 Å². The molecule has 0 radical (unpaired) electrons. The van der Waals surface area contributed by atoms with Crippen LogP contribution in [-0.4, -0.2) is 45.9 Å². The van der Waals surface area contributed by atoms with Crippen LogP contribution in [0.25, 0.3) is 22.2 Å². The maximum atomic E-state index is 11.7. The predicted octanol–water partition coefficient (Wildman–Crippen LogP) is 5.91. The monoisotopic (exact) mass is 508 g/mol. The number of nitrogens with one attached hydrogen (secondary N) is 1. The molecule has 4 rings (SSSR count). The van der Waals surface area contributed by atoms with Crippen molar-refractivity contribution in [2.45, 2.75) is 27.3 Å². The van der Waals surface area contributed by atoms with Gasteiger partial charge in [0.05, 0.1) is 29.9 Å². The van der Waals surface area contributed by atoms with Gasteiger partial charge in [-0.25, -0.2) is 14.8 Å². The van der Waals surface area contributed by atoms with Gasteiger partial charge in [-0.15, -0.1) is 0 Å². The summed E-state index contributed by atoms with van der Waals surface area (Å²) in [4.78, 5) is 20.4. The summed E-state index contributed by atoms with van der Waals surface area (Å²) in [6.45, 7) is 7.79. The number of benzene rings is 2. The number of rotatable bonds is 10. The van der Waals surface area contributed by atoms with Crippen LogP contribution in [0.4, 0.5) is 5.82 Å². The SMILES string of the molecule is COc1cccc2c1cc(C)n2CCNc1cc(-c2cc(Cl)c(C(=O)O)c(OCC(C)C)c2)ncn1. The maximum Gasteiger partial charge on any atom is 0.341 e. The molecule has 0 fully saturated rings. The van der Waals surface area contributed by atoms with E-state index in [-0.39, 0.29) is 22.3 Å². The minimum atomic E-state index is -1.14. The molecule has 0 aliphatic carbocycles. The molecule has 0 saturated heterocycles. The van der Waals surface area contributed by atoms with Crippen LogP contribution < -0.4 is 14.8 Å². The van der Waals surface area contributed by atoms with Gasteiger partial charge in [-0.2, -0.15) is 0 Å². The van der Waals surface area contributed by atoms with E-state index in [1.807, 2.05) is 32.0 Å². The number of ether oxygens (including phenoxy) is 2. The molecule has 0 amide bonds. The van der Waals surface area contributed by atoms with Crippen LogP contribution in [0, 0.1) is 12.8 Å². The number of nitrogens with zero attached hydrogens (tertiary/aromatic N) is 3. The van der Waals surface area contributed by atoms with E-state index >= 15 is 0 Å². The van der Waals surface area contributed by atoms with Crippen molar-refractivity contribution in [2.75, 3.05) is 25.6 Å². The van der Waals surface area contributed by atoms with Gasteiger partial charge < -0.3 is 24.5 Å². The highest BCUT2D eigenvalue weighted by Crippen LogP contribution is 2.34. The number of carbonyl (C=O) groups is 1. The van der Waals surface area contributed by atoms with Crippen molar-refractivity contribution in [3.8, 4) is 22.8 Å². The first-order valence-corrected chi connectivity index (χ1v) is 12.0. The third kappa shape index (κ3) is 5.39. The Labute approximate surface area is 214 Å². The molecule has 2 heterocycles. The lowest BCUT2D eigenvalue weighted by atomic mass is 10.1. The molecule has 0 unspecified atom stereocenters. The van der Waals surface area contributed by atoms with Crippen molar-refractivity contribution < 1.29 is 19.4 Å². The van der Waals surface area contributed by atoms with Gasteiger partial charge in [-0.05, 0) is 43.2 Å². The molecule has 0 saturated carbocycles. The maximum absolute atomic E-state index is 11.7. The Kier molecular flexibility index (Phi) is 7.64. The van der Waals surface area contributed by atoms with Crippen molar-refractivity contribution in [1.29, 1.82) is 0 Å². The molecule has 0 bridgehead atoms. The van der Waals surface area contributed by atoms with E-state index in [2.05, 4.69) is 38.9 Å². The van der Waals surface area contributed by atoms with E-state index in [1.54, 1.807) is 19.2 Å². The second kappa shape index (κ2) is 10.9. The fourth-order valence-corrected chi connectivity index (χ4v) is 4.37. The Morgan fingerprint density at radius 2 is 1.97 bits per heavy atom. The molecule has 2 aromatic carbocycles. The Bertz CT molecular complexity index is 1400. The lowest BCUT2D eigenvalue weighted by molar-refractivity contribution is 0.0691. The molecule has 9 heteroatoms. The molecule has 2 aromatic heterocycles. The van der Waals surface area contributed by atoms with Crippen LogP contribution in [0.1, 0.15) is 29.9 Å². The summed E-state index contributed by atoms with van der Waals surface area (Å²) < 4.78 is 13.5. The third-order valence-electron chi connectivity index (χ3n) is 5.78. The number of aryl methyl sites for hydroxylation is 1. The van der Waals surface area contributed by atoms with Crippen LogP contribution >= 0.6 is 11.6 Å². The molecular weight excluding hydrogens is 480 g/mol. The number of aromatic carboxylic acids is 1. The van der Waals surface area contributed by atoms with Crippen LogP contribution in [0.2, 0.25) is 5.02 Å². The number of halogens is 1. The molecule has 0 spiro atoms. The van der Waals surface area contributed by atoms with Gasteiger partial charge in [-0.3, -0.25) is 0 Å². The summed E-state index contributed by atoms with van der Waals surface area (Å²) in [6, 6.07) is 13.2. The first-order valence-electron chi connectivity index (χ1n) is 11.7. The second-order valence-corrected chi connectivity index (χ2v) is 9.29. The predicted molar refractivity (Wildman–Crippen MR) is 141 cm³/mol. The van der Waals surface area contributed by atoms with Crippen LogP contribution in [0.3, 0.4) is 0 Å². The summed E-state index contributed by atoms with van der Waals surface area (Å²) in [5, 5.41) is 14.1. The minimum Gasteiger partial charge on any atom is -0.496 e. The first kappa shape index (κ1) is 25.3. The standard InChI is InChI=1S/C27H29ClN4O4/c1-16(2)14-36-24-12-18(11-20(28)26(24)27(33)34)21-13-25(31-15-30-21)29-8-9-32-17(3)10-19-22(32)6-5-7-23(19)35-4/h5-7,10-13,15-16H,8-9,14H2,1-4H3,(H,33,34)(H,29,30,31). The Morgan fingerprint density at radius 1 is 1.17 bits per heavy atom. The Balaban J connectivity index is 1.54. The lowest BCUT2D eigenvalue weighted by Crippen LogP contribution is -2.12. The first-order chi connectivity index (χ1) is 17.3. The lowest BCUT2D eigenvalue weighted by Gasteiger charge is -2.14. The molecule has 188 valence electrons. The van der Waals surface area contributed by atoms with E-state index in [0.29, 0.717) is 30.2 Å². The van der Waals surface area contributed by atoms with Crippen molar-refractivity contribution in [3.63, 3.8) is 0 Å². The number of hydrogen-bond donors (Lipinski definition) is 2. The summed E-state index contributed by atoms with van der Waals surface area (Å²) in [6.07, 6.45) is 1.46. The van der Waals surface area contributed by atoms with Crippen molar-refractivity contribution in [3.05, 3.63) is 65.1 Å². The molecular formula is C27H29ClN4O4. The quantitative estimate of drug-likeness (QED) is 0.274. The molecule has 0 aliphatic rings. The van der Waals surface area contributed by atoms with Crippen LogP contribution in [-0.2, 0) is 6.54 Å². The van der Waals surface area contributed by atoms with E-state index in [1.165, 1.54) is 6.33 Å². The summed E-state index contributed by atoms with van der Waals surface area (Å²) in [5.74, 6) is 0.811. The number of carboxylic acid groups (broad SMARTS) is 1. The average Bonchev–Trinajstić information content (AvgIpc) is 3.17. The highest BCUT2D eigenvalue weighted by Gasteiger charge is 2.19. The minimum absolute atomic E-state index is 0.0561. The van der Waals surface area contributed by atoms with Crippen LogP contribution in [0.15, 0.2) is 48.8 Å². The van der Waals surface area contributed by atoms with Gasteiger partial charge in [0.15, 0.2) is 0 Å². The highest BCUT2D eigenvalue weighted by atomic mass is 35.5. The normalized spacial score (nSPS) is 11.2. The number of methoxy groups -OCH3 is 1. The van der Waals surface area contributed by atoms with E-state index < -0.39 is 5.97 Å². The van der Waals surface area contributed by atoms with E-state index in [0.717, 1.165) is 28.9 Å². The Morgan fingerprint density at radius 3 is 2.69 bits per heavy atom. The van der Waals surface area contributed by atoms with Gasteiger partial charge in [0.25, 0.3) is 0 Å². The third-order valence-corrected chi connectivity index (χ3v) is 6.08. The molecule has 0 atom stereocenters. The average molecular weight is 509 g/mol. The fourth-order valence-electron chi connectivity index (χ4n) is 4.08. The van der Waals surface area contributed by atoms with Crippen molar-refractivity contribution in [1.82, 2.24) is 14.5 Å². The summed E-state index contributed by atoms with van der Waals surface area (Å²) in [5.41, 5.74) is 3.45. The molecule has 2 N–H and O–H groups in total. The molecule has 36 heavy (non-hydrogen) atoms. The largest absolute Gasteiger partial charge is 0.496 e.